The van der Waals surface area contributed by atoms with Gasteiger partial charge in [0.1, 0.15) is 0 Å². The highest BCUT2D eigenvalue weighted by atomic mass is 35.5. The first-order valence-corrected chi connectivity index (χ1v) is 4.92. The second kappa shape index (κ2) is 5.37. The van der Waals surface area contributed by atoms with Crippen LogP contribution in [0.4, 0.5) is 13.2 Å². The summed E-state index contributed by atoms with van der Waals surface area (Å²) in [5.41, 5.74) is 2.46. The van der Waals surface area contributed by atoms with Crippen LogP contribution in [0.5, 0.6) is 0 Å². The Morgan fingerprint density at radius 2 is 2.12 bits per heavy atom. The molecular weight excluding hydrogens is 259 g/mol. The number of hydrogen-bond acceptors (Lipinski definition) is 2. The van der Waals surface area contributed by atoms with Crippen LogP contribution in [0.1, 0.15) is 15.9 Å². The van der Waals surface area contributed by atoms with E-state index in [9.17, 15) is 18.0 Å². The standard InChI is InChI=1S/C10H9ClF3NO2/c1-6-2-3-7(11)4-8(6)9(16)15-17-5-10(12,13)14/h2-4H,5H2,1H3,(H,15,16). The fourth-order valence-electron chi connectivity index (χ4n) is 1.08. The summed E-state index contributed by atoms with van der Waals surface area (Å²) >= 11 is 5.67. The van der Waals surface area contributed by atoms with Crippen molar-refractivity contribution in [3.8, 4) is 0 Å². The number of halogens is 4. The van der Waals surface area contributed by atoms with Crippen LogP contribution in [-0.4, -0.2) is 18.7 Å². The van der Waals surface area contributed by atoms with Gasteiger partial charge in [0.2, 0.25) is 0 Å². The zero-order valence-electron chi connectivity index (χ0n) is 8.77. The van der Waals surface area contributed by atoms with Crippen LogP contribution >= 0.6 is 11.6 Å². The molecule has 3 nitrogen and oxygen atoms in total. The van der Waals surface area contributed by atoms with Crippen molar-refractivity contribution in [2.75, 3.05) is 6.61 Å². The van der Waals surface area contributed by atoms with E-state index in [-0.39, 0.29) is 5.56 Å². The number of carbonyl (C=O) groups excluding carboxylic acids is 1. The second-order valence-electron chi connectivity index (χ2n) is 3.29. The van der Waals surface area contributed by atoms with E-state index in [0.29, 0.717) is 10.6 Å². The molecule has 0 aliphatic carbocycles. The Balaban J connectivity index is 2.61. The van der Waals surface area contributed by atoms with Gasteiger partial charge < -0.3 is 0 Å². The van der Waals surface area contributed by atoms with Crippen LogP contribution in [0.15, 0.2) is 18.2 Å². The Labute approximate surface area is 100 Å². The van der Waals surface area contributed by atoms with Gasteiger partial charge in [-0.15, -0.1) is 0 Å². The first-order chi connectivity index (χ1) is 7.79. The molecule has 0 aromatic heterocycles. The van der Waals surface area contributed by atoms with Crippen molar-refractivity contribution >= 4 is 17.5 Å². The van der Waals surface area contributed by atoms with Gasteiger partial charge >= 0.3 is 6.18 Å². The summed E-state index contributed by atoms with van der Waals surface area (Å²) in [5.74, 6) is -0.769. The van der Waals surface area contributed by atoms with Gasteiger partial charge in [0.25, 0.3) is 5.91 Å². The van der Waals surface area contributed by atoms with Gasteiger partial charge in [-0.25, -0.2) is 5.48 Å². The van der Waals surface area contributed by atoms with E-state index in [1.807, 2.05) is 0 Å². The topological polar surface area (TPSA) is 38.3 Å². The van der Waals surface area contributed by atoms with E-state index in [2.05, 4.69) is 4.84 Å². The van der Waals surface area contributed by atoms with Crippen molar-refractivity contribution in [2.24, 2.45) is 0 Å². The van der Waals surface area contributed by atoms with Crippen LogP contribution < -0.4 is 5.48 Å². The number of aryl methyl sites for hydroxylation is 1. The molecule has 0 fully saturated rings. The fourth-order valence-corrected chi connectivity index (χ4v) is 1.25. The van der Waals surface area contributed by atoms with Crippen LogP contribution in [0, 0.1) is 6.92 Å². The average Bonchev–Trinajstić information content (AvgIpc) is 2.19. The maximum atomic E-state index is 11.8. The van der Waals surface area contributed by atoms with Gasteiger partial charge in [-0.05, 0) is 24.6 Å². The Morgan fingerprint density at radius 1 is 1.47 bits per heavy atom. The quantitative estimate of drug-likeness (QED) is 0.855. The Kier molecular flexibility index (Phi) is 4.36. The lowest BCUT2D eigenvalue weighted by Gasteiger charge is -2.09. The molecule has 0 saturated carbocycles. The summed E-state index contributed by atoms with van der Waals surface area (Å²) in [6, 6.07) is 4.51. The van der Waals surface area contributed by atoms with Crippen molar-refractivity contribution < 1.29 is 22.8 Å². The molecule has 1 amide bonds. The molecule has 0 atom stereocenters. The predicted octanol–water partition coefficient (Wildman–Crippen LogP) is 2.87. The van der Waals surface area contributed by atoms with E-state index in [0.717, 1.165) is 0 Å². The maximum absolute atomic E-state index is 11.8. The van der Waals surface area contributed by atoms with Gasteiger partial charge in [-0.3, -0.25) is 9.63 Å². The predicted molar refractivity (Wildman–Crippen MR) is 55.7 cm³/mol. The second-order valence-corrected chi connectivity index (χ2v) is 3.73. The first kappa shape index (κ1) is 13.8. The van der Waals surface area contributed by atoms with Gasteiger partial charge in [0.15, 0.2) is 6.61 Å². The third-order valence-electron chi connectivity index (χ3n) is 1.84. The lowest BCUT2D eigenvalue weighted by molar-refractivity contribution is -0.184. The lowest BCUT2D eigenvalue weighted by Crippen LogP contribution is -2.29. The molecule has 0 radical (unpaired) electrons. The number of hydroxylamine groups is 1. The maximum Gasteiger partial charge on any atom is 0.414 e. The molecule has 94 valence electrons. The van der Waals surface area contributed by atoms with Gasteiger partial charge in [0, 0.05) is 10.6 Å². The Bertz CT molecular complexity index is 421. The SMILES string of the molecule is Cc1ccc(Cl)cc1C(=O)NOCC(F)(F)F. The van der Waals surface area contributed by atoms with Crippen molar-refractivity contribution in [2.45, 2.75) is 13.1 Å². The smallest absolute Gasteiger partial charge is 0.267 e. The molecule has 0 spiro atoms. The molecule has 0 bridgehead atoms. The minimum atomic E-state index is -4.49. The molecule has 7 heteroatoms. The van der Waals surface area contributed by atoms with Crippen LogP contribution in [0.25, 0.3) is 0 Å². The molecule has 17 heavy (non-hydrogen) atoms. The van der Waals surface area contributed by atoms with Gasteiger partial charge in [-0.1, -0.05) is 17.7 Å². The van der Waals surface area contributed by atoms with Crippen LogP contribution in [0.2, 0.25) is 5.02 Å². The Morgan fingerprint density at radius 3 is 2.71 bits per heavy atom. The molecule has 1 aromatic rings. The van der Waals surface area contributed by atoms with E-state index >= 15 is 0 Å². The number of benzene rings is 1. The third-order valence-corrected chi connectivity index (χ3v) is 2.08. The molecule has 0 saturated heterocycles. The van der Waals surface area contributed by atoms with Gasteiger partial charge in [0.05, 0.1) is 0 Å². The van der Waals surface area contributed by atoms with Crippen LogP contribution in [-0.2, 0) is 4.84 Å². The molecule has 0 heterocycles. The average molecular weight is 268 g/mol. The molecule has 0 aliphatic heterocycles. The van der Waals surface area contributed by atoms with Crippen molar-refractivity contribution in [1.29, 1.82) is 0 Å². The molecule has 0 unspecified atom stereocenters. The lowest BCUT2D eigenvalue weighted by atomic mass is 10.1. The zero-order valence-corrected chi connectivity index (χ0v) is 9.52. The summed E-state index contributed by atoms with van der Waals surface area (Å²) in [5, 5.41) is 0.316. The highest BCUT2D eigenvalue weighted by molar-refractivity contribution is 6.31. The fraction of sp³-hybridized carbons (Fsp3) is 0.300. The number of alkyl halides is 3. The summed E-state index contributed by atoms with van der Waals surface area (Å²) in [6.07, 6.45) is -4.49. The van der Waals surface area contributed by atoms with Crippen LogP contribution in [0.3, 0.4) is 0 Å². The third kappa shape index (κ3) is 4.62. The monoisotopic (exact) mass is 267 g/mol. The summed E-state index contributed by atoms with van der Waals surface area (Å²) in [4.78, 5) is 15.5. The number of amides is 1. The summed E-state index contributed by atoms with van der Waals surface area (Å²) < 4.78 is 35.3. The number of carbonyl (C=O) groups is 1. The normalized spacial score (nSPS) is 11.4. The first-order valence-electron chi connectivity index (χ1n) is 4.54. The van der Waals surface area contributed by atoms with Crippen molar-refractivity contribution in [3.63, 3.8) is 0 Å². The number of hydrogen-bond donors (Lipinski definition) is 1. The minimum Gasteiger partial charge on any atom is -0.267 e. The number of nitrogens with one attached hydrogen (secondary N) is 1. The summed E-state index contributed by atoms with van der Waals surface area (Å²) in [6.45, 7) is 0.0906. The van der Waals surface area contributed by atoms with Crippen molar-refractivity contribution in [3.05, 3.63) is 34.3 Å². The van der Waals surface area contributed by atoms with Gasteiger partial charge in [-0.2, -0.15) is 13.2 Å². The van der Waals surface area contributed by atoms with E-state index < -0.39 is 18.7 Å². The highest BCUT2D eigenvalue weighted by Gasteiger charge is 2.28. The molecule has 1 N–H and O–H groups in total. The van der Waals surface area contributed by atoms with E-state index in [1.165, 1.54) is 6.07 Å². The molecule has 1 aromatic carbocycles. The highest BCUT2D eigenvalue weighted by Crippen LogP contribution is 2.16. The molecule has 1 rings (SSSR count). The van der Waals surface area contributed by atoms with E-state index in [1.54, 1.807) is 24.5 Å². The van der Waals surface area contributed by atoms with Crippen molar-refractivity contribution in [1.82, 2.24) is 5.48 Å². The zero-order chi connectivity index (χ0) is 13.1. The number of rotatable bonds is 3. The van der Waals surface area contributed by atoms with E-state index in [4.69, 9.17) is 11.6 Å². The largest absolute Gasteiger partial charge is 0.414 e. The molecule has 0 aliphatic rings. The minimum absolute atomic E-state index is 0.166. The Hall–Kier alpha value is -1.27. The molecular formula is C10H9ClF3NO2. The summed E-state index contributed by atoms with van der Waals surface area (Å²) in [7, 11) is 0.